The van der Waals surface area contributed by atoms with Crippen LogP contribution in [0.2, 0.25) is 10.0 Å². The molecule has 2 aromatic heterocycles. The number of fused-ring (bicyclic) bond motifs is 1. The molecule has 0 spiro atoms. The molecule has 11 heteroatoms. The highest BCUT2D eigenvalue weighted by atomic mass is 35.5. The number of halogens is 3. The number of anilines is 1. The third kappa shape index (κ3) is 3.89. The Morgan fingerprint density at radius 2 is 1.94 bits per heavy atom. The van der Waals surface area contributed by atoms with Gasteiger partial charge in [-0.05, 0) is 48.9 Å². The molecule has 1 aliphatic heterocycles. The summed E-state index contributed by atoms with van der Waals surface area (Å²) in [6.45, 7) is 1.77. The van der Waals surface area contributed by atoms with Crippen LogP contribution >= 0.6 is 34.5 Å². The molecule has 36 heavy (non-hydrogen) atoms. The average Bonchev–Trinajstić information content (AvgIpc) is 3.36. The number of amides is 1. The van der Waals surface area contributed by atoms with Crippen molar-refractivity contribution in [3.63, 3.8) is 0 Å². The van der Waals surface area contributed by atoms with Gasteiger partial charge in [0.15, 0.2) is 5.13 Å². The molecule has 182 valence electrons. The summed E-state index contributed by atoms with van der Waals surface area (Å²) in [5, 5.41) is 11.6. The van der Waals surface area contributed by atoms with Gasteiger partial charge in [-0.2, -0.15) is 0 Å². The molecule has 1 fully saturated rings. The number of hydrogen-bond acceptors (Lipinski definition) is 7. The van der Waals surface area contributed by atoms with Crippen molar-refractivity contribution in [1.29, 1.82) is 0 Å². The van der Waals surface area contributed by atoms with Gasteiger partial charge >= 0.3 is 5.91 Å². The van der Waals surface area contributed by atoms with Crippen molar-refractivity contribution < 1.29 is 23.8 Å². The maximum absolute atomic E-state index is 14.0. The normalized spacial score (nSPS) is 17.2. The number of aliphatic hydroxyl groups is 1. The molecule has 1 N–H and O–H groups in total. The first-order valence-electron chi connectivity index (χ1n) is 10.5. The van der Waals surface area contributed by atoms with Crippen LogP contribution in [0.25, 0.3) is 16.0 Å². The van der Waals surface area contributed by atoms with Crippen molar-refractivity contribution in [2.24, 2.45) is 0 Å². The standard InChI is InChI=1S/C25H16Cl2FN3O4S/c1-11-7-12(23(35-2)14(27)8-11)21(32)19-20(16-5-3-4-6-29-16)31(24(34)22(19)33)25-30-17-9-13(26)15(28)10-18(17)36-25/h3-10,20,32H,1-2H3/b21-19+. The first kappa shape index (κ1) is 24.2. The van der Waals surface area contributed by atoms with Crippen LogP contribution in [0.15, 0.2) is 54.2 Å². The fraction of sp³-hybridized carbons (Fsp3) is 0.120. The van der Waals surface area contributed by atoms with Crippen LogP contribution in [-0.2, 0) is 9.59 Å². The third-order valence-electron chi connectivity index (χ3n) is 5.68. The molecule has 5 rings (SSSR count). The van der Waals surface area contributed by atoms with Crippen LogP contribution in [0.5, 0.6) is 5.75 Å². The Balaban J connectivity index is 1.77. The summed E-state index contributed by atoms with van der Waals surface area (Å²) in [6, 6.07) is 9.70. The molecule has 1 saturated heterocycles. The van der Waals surface area contributed by atoms with Crippen molar-refractivity contribution in [2.45, 2.75) is 13.0 Å². The Morgan fingerprint density at radius 3 is 2.64 bits per heavy atom. The van der Waals surface area contributed by atoms with Gasteiger partial charge in [0.2, 0.25) is 0 Å². The molecule has 0 bridgehead atoms. The van der Waals surface area contributed by atoms with Crippen LogP contribution in [0.4, 0.5) is 9.52 Å². The highest BCUT2D eigenvalue weighted by Gasteiger charge is 2.49. The van der Waals surface area contributed by atoms with Crippen molar-refractivity contribution >= 4 is 67.3 Å². The zero-order chi connectivity index (χ0) is 25.7. The Labute approximate surface area is 218 Å². The zero-order valence-corrected chi connectivity index (χ0v) is 21.1. The number of ketones is 1. The van der Waals surface area contributed by atoms with Crippen LogP contribution < -0.4 is 9.64 Å². The average molecular weight is 544 g/mol. The van der Waals surface area contributed by atoms with Gasteiger partial charge in [0, 0.05) is 6.20 Å². The van der Waals surface area contributed by atoms with E-state index in [4.69, 9.17) is 27.9 Å². The molecule has 3 heterocycles. The Kier molecular flexibility index (Phi) is 6.15. The lowest BCUT2D eigenvalue weighted by Crippen LogP contribution is -2.29. The number of aryl methyl sites for hydroxylation is 1. The maximum Gasteiger partial charge on any atom is 0.301 e. The number of hydrogen-bond donors (Lipinski definition) is 1. The predicted molar refractivity (Wildman–Crippen MR) is 136 cm³/mol. The number of Topliss-reactive ketones (excluding diaryl/α,β-unsaturated/α-hetero) is 1. The van der Waals surface area contributed by atoms with Crippen LogP contribution in [0.1, 0.15) is 22.9 Å². The van der Waals surface area contributed by atoms with E-state index in [1.165, 1.54) is 25.4 Å². The highest BCUT2D eigenvalue weighted by molar-refractivity contribution is 7.22. The lowest BCUT2D eigenvalue weighted by molar-refractivity contribution is -0.132. The van der Waals surface area contributed by atoms with Crippen molar-refractivity contribution in [1.82, 2.24) is 9.97 Å². The number of pyridine rings is 1. The van der Waals surface area contributed by atoms with Crippen LogP contribution in [-0.4, -0.2) is 33.9 Å². The number of benzene rings is 2. The van der Waals surface area contributed by atoms with E-state index < -0.39 is 29.3 Å². The summed E-state index contributed by atoms with van der Waals surface area (Å²) >= 11 is 13.2. The number of rotatable bonds is 4. The largest absolute Gasteiger partial charge is 0.507 e. The Morgan fingerprint density at radius 1 is 1.17 bits per heavy atom. The predicted octanol–water partition coefficient (Wildman–Crippen LogP) is 6.08. The second-order valence-electron chi connectivity index (χ2n) is 7.98. The number of aromatic nitrogens is 2. The quantitative estimate of drug-likeness (QED) is 0.190. The molecule has 1 aliphatic rings. The molecular formula is C25H16Cl2FN3O4S. The van der Waals surface area contributed by atoms with Gasteiger partial charge in [-0.3, -0.25) is 19.5 Å². The number of methoxy groups -OCH3 is 1. The minimum absolute atomic E-state index is 0.119. The summed E-state index contributed by atoms with van der Waals surface area (Å²) in [5.74, 6) is -2.81. The van der Waals surface area contributed by atoms with E-state index in [1.54, 1.807) is 37.3 Å². The second kappa shape index (κ2) is 9.16. The topological polar surface area (TPSA) is 92.6 Å². The van der Waals surface area contributed by atoms with E-state index in [2.05, 4.69) is 9.97 Å². The minimum Gasteiger partial charge on any atom is -0.507 e. The van der Waals surface area contributed by atoms with E-state index in [0.29, 0.717) is 21.5 Å². The molecule has 4 aromatic rings. The van der Waals surface area contributed by atoms with Gasteiger partial charge in [0.1, 0.15) is 23.4 Å². The molecule has 2 aromatic carbocycles. The first-order valence-corrected chi connectivity index (χ1v) is 12.1. The smallest absolute Gasteiger partial charge is 0.301 e. The van der Waals surface area contributed by atoms with E-state index in [9.17, 15) is 19.1 Å². The fourth-order valence-corrected chi connectivity index (χ4v) is 5.63. The number of nitrogens with zero attached hydrogens (tertiary/aromatic N) is 3. The van der Waals surface area contributed by atoms with Gasteiger partial charge < -0.3 is 9.84 Å². The summed E-state index contributed by atoms with van der Waals surface area (Å²) < 4.78 is 19.9. The summed E-state index contributed by atoms with van der Waals surface area (Å²) in [5.41, 5.74) is 1.33. The third-order valence-corrected chi connectivity index (χ3v) is 7.27. The molecule has 7 nitrogen and oxygen atoms in total. The zero-order valence-electron chi connectivity index (χ0n) is 18.8. The number of aliphatic hydroxyl groups excluding tert-OH is 1. The van der Waals surface area contributed by atoms with Gasteiger partial charge in [0.25, 0.3) is 5.78 Å². The molecule has 0 aliphatic carbocycles. The Bertz CT molecular complexity index is 1550. The number of ether oxygens (including phenoxy) is 1. The first-order chi connectivity index (χ1) is 17.2. The Hall–Kier alpha value is -3.53. The lowest BCUT2D eigenvalue weighted by Gasteiger charge is -2.22. The van der Waals surface area contributed by atoms with Gasteiger partial charge in [-0.1, -0.05) is 40.6 Å². The SMILES string of the molecule is COc1c(Cl)cc(C)cc1/C(O)=C1\C(=O)C(=O)N(c2nc3cc(Cl)c(F)cc3s2)C1c1ccccn1. The molecule has 0 radical (unpaired) electrons. The molecule has 1 unspecified atom stereocenters. The fourth-order valence-electron chi connectivity index (χ4n) is 4.12. The minimum atomic E-state index is -1.11. The van der Waals surface area contributed by atoms with E-state index in [-0.39, 0.29) is 32.1 Å². The number of thiazole rings is 1. The number of carbonyl (C=O) groups excluding carboxylic acids is 2. The summed E-state index contributed by atoms with van der Waals surface area (Å²) in [6.07, 6.45) is 1.51. The van der Waals surface area contributed by atoms with Crippen molar-refractivity contribution in [2.75, 3.05) is 12.0 Å². The van der Waals surface area contributed by atoms with E-state index >= 15 is 0 Å². The second-order valence-corrected chi connectivity index (χ2v) is 9.81. The molecule has 0 saturated carbocycles. The molecule has 1 amide bonds. The van der Waals surface area contributed by atoms with Crippen LogP contribution in [0.3, 0.4) is 0 Å². The maximum atomic E-state index is 14.0. The van der Waals surface area contributed by atoms with E-state index in [0.717, 1.165) is 16.2 Å². The van der Waals surface area contributed by atoms with Gasteiger partial charge in [-0.25, -0.2) is 9.37 Å². The van der Waals surface area contributed by atoms with E-state index in [1.807, 2.05) is 0 Å². The highest BCUT2D eigenvalue weighted by Crippen LogP contribution is 2.45. The van der Waals surface area contributed by atoms with Crippen molar-refractivity contribution in [3.05, 3.63) is 86.9 Å². The molecule has 1 atom stereocenters. The monoisotopic (exact) mass is 543 g/mol. The van der Waals surface area contributed by atoms with Gasteiger partial charge in [-0.15, -0.1) is 0 Å². The van der Waals surface area contributed by atoms with Crippen molar-refractivity contribution in [3.8, 4) is 5.75 Å². The summed E-state index contributed by atoms with van der Waals surface area (Å²) in [4.78, 5) is 36.6. The number of carbonyl (C=O) groups is 2. The lowest BCUT2D eigenvalue weighted by atomic mass is 9.97. The van der Waals surface area contributed by atoms with Gasteiger partial charge in [0.05, 0.1) is 44.2 Å². The van der Waals surface area contributed by atoms with Crippen LogP contribution in [0, 0.1) is 12.7 Å². The summed E-state index contributed by atoms with van der Waals surface area (Å²) in [7, 11) is 1.38. The molecular weight excluding hydrogens is 528 g/mol.